The number of anilines is 1. The number of benzene rings is 2. The zero-order valence-electron chi connectivity index (χ0n) is 24.8. The lowest BCUT2D eigenvalue weighted by Crippen LogP contribution is -2.41. The maximum atomic E-state index is 13.6. The van der Waals surface area contributed by atoms with Gasteiger partial charge in [0.05, 0.1) is 11.4 Å². The lowest BCUT2D eigenvalue weighted by Gasteiger charge is -2.30. The molecule has 1 aliphatic heterocycles. The standard InChI is InChI=1S/C33H37N7O2/c1-22-28(23-13-15-27(16-14-23)42-26-11-7-6-8-12-26)29-30(35)36-21-37-31(29)40(22)20-25-10-9-17-39(25)32(41)24(19-34)18-33(2,3)38(4)5/h6-8,11-16,18,21,25H,9-10,17,20H2,1-5H3,(H2,35,36,37)/t25-/m0/s1. The molecule has 3 heterocycles. The number of nitriles is 1. The van der Waals surface area contributed by atoms with Crippen LogP contribution < -0.4 is 10.5 Å². The molecule has 216 valence electrons. The Hall–Kier alpha value is -4.68. The maximum Gasteiger partial charge on any atom is 0.264 e. The Morgan fingerprint density at radius 3 is 2.50 bits per heavy atom. The second kappa shape index (κ2) is 11.7. The number of hydrogen-bond acceptors (Lipinski definition) is 7. The van der Waals surface area contributed by atoms with E-state index in [2.05, 4.69) is 20.6 Å². The number of carbonyl (C=O) groups is 1. The van der Waals surface area contributed by atoms with Crippen LogP contribution in [0.15, 0.2) is 72.6 Å². The van der Waals surface area contributed by atoms with Gasteiger partial charge in [-0.3, -0.25) is 4.79 Å². The minimum absolute atomic E-state index is 0.0864. The first-order chi connectivity index (χ1) is 20.1. The average molecular weight is 564 g/mol. The number of ether oxygens (including phenoxy) is 1. The lowest BCUT2D eigenvalue weighted by molar-refractivity contribution is -0.127. The van der Waals surface area contributed by atoms with Crippen LogP contribution in [0.5, 0.6) is 11.5 Å². The molecule has 1 amide bonds. The van der Waals surface area contributed by atoms with Crippen molar-refractivity contribution in [1.82, 2.24) is 24.3 Å². The van der Waals surface area contributed by atoms with Gasteiger partial charge in [-0.25, -0.2) is 9.97 Å². The fourth-order valence-corrected chi connectivity index (χ4v) is 5.48. The molecule has 0 aliphatic carbocycles. The smallest absolute Gasteiger partial charge is 0.264 e. The van der Waals surface area contributed by atoms with Crippen molar-refractivity contribution in [2.75, 3.05) is 26.4 Å². The molecular weight excluding hydrogens is 526 g/mol. The molecule has 2 aromatic heterocycles. The van der Waals surface area contributed by atoms with Crippen molar-refractivity contribution >= 4 is 22.8 Å². The monoisotopic (exact) mass is 563 g/mol. The Labute approximate surface area is 246 Å². The molecule has 0 spiro atoms. The Bertz CT molecular complexity index is 1660. The minimum atomic E-state index is -0.436. The zero-order chi connectivity index (χ0) is 30.0. The normalized spacial score (nSPS) is 15.8. The molecule has 2 N–H and O–H groups in total. The highest BCUT2D eigenvalue weighted by Crippen LogP contribution is 2.38. The van der Waals surface area contributed by atoms with Gasteiger partial charge in [0.2, 0.25) is 0 Å². The fraction of sp³-hybridized carbons (Fsp3) is 0.333. The number of likely N-dealkylation sites (tertiary alicyclic amines) is 1. The third-order valence-electron chi connectivity index (χ3n) is 8.28. The zero-order valence-corrected chi connectivity index (χ0v) is 24.8. The SMILES string of the molecule is Cc1c(-c2ccc(Oc3ccccc3)cc2)c2c(N)ncnc2n1C[C@@H]1CCCN1C(=O)C(C#N)=CC(C)(C)N(C)C. The highest BCUT2D eigenvalue weighted by atomic mass is 16.5. The van der Waals surface area contributed by atoms with Gasteiger partial charge in [-0.15, -0.1) is 0 Å². The van der Waals surface area contributed by atoms with Crippen molar-refractivity contribution in [1.29, 1.82) is 5.26 Å². The molecule has 9 heteroatoms. The third kappa shape index (κ3) is 5.58. The highest BCUT2D eigenvalue weighted by Gasteiger charge is 2.33. The number of carbonyl (C=O) groups excluding carboxylic acids is 1. The Morgan fingerprint density at radius 1 is 1.14 bits per heavy atom. The van der Waals surface area contributed by atoms with E-state index in [4.69, 9.17) is 10.5 Å². The van der Waals surface area contributed by atoms with E-state index >= 15 is 0 Å². The van der Waals surface area contributed by atoms with Gasteiger partial charge >= 0.3 is 0 Å². The summed E-state index contributed by atoms with van der Waals surface area (Å²) in [6.45, 7) is 7.17. The number of likely N-dealkylation sites (N-methyl/N-ethyl adjacent to an activating group) is 1. The van der Waals surface area contributed by atoms with E-state index in [1.807, 2.05) is 99.3 Å². The first kappa shape index (κ1) is 28.8. The summed E-state index contributed by atoms with van der Waals surface area (Å²) in [5, 5.41) is 10.7. The predicted molar refractivity (Wildman–Crippen MR) is 165 cm³/mol. The quantitative estimate of drug-likeness (QED) is 0.220. The number of amides is 1. The molecule has 0 bridgehead atoms. The second-order valence-electron chi connectivity index (χ2n) is 11.5. The molecule has 4 aromatic rings. The predicted octanol–water partition coefficient (Wildman–Crippen LogP) is 5.56. The van der Waals surface area contributed by atoms with Crippen molar-refractivity contribution in [3.8, 4) is 28.7 Å². The van der Waals surface area contributed by atoms with E-state index in [1.165, 1.54) is 6.33 Å². The summed E-state index contributed by atoms with van der Waals surface area (Å²) in [7, 11) is 3.87. The minimum Gasteiger partial charge on any atom is -0.457 e. The molecule has 1 aliphatic rings. The molecule has 0 saturated carbocycles. The summed E-state index contributed by atoms with van der Waals surface area (Å²) < 4.78 is 8.12. The van der Waals surface area contributed by atoms with E-state index in [-0.39, 0.29) is 17.5 Å². The Morgan fingerprint density at radius 2 is 1.83 bits per heavy atom. The Kier molecular flexibility index (Phi) is 8.01. The van der Waals surface area contributed by atoms with Crippen LogP contribution in [0.3, 0.4) is 0 Å². The highest BCUT2D eigenvalue weighted by molar-refractivity contribution is 6.02. The van der Waals surface area contributed by atoms with Crippen molar-refractivity contribution in [3.63, 3.8) is 0 Å². The van der Waals surface area contributed by atoms with Crippen LogP contribution in [-0.2, 0) is 11.3 Å². The van der Waals surface area contributed by atoms with Crippen LogP contribution in [-0.4, -0.2) is 62.5 Å². The van der Waals surface area contributed by atoms with E-state index < -0.39 is 5.54 Å². The fourth-order valence-electron chi connectivity index (χ4n) is 5.48. The van der Waals surface area contributed by atoms with Crippen LogP contribution in [0.4, 0.5) is 5.82 Å². The number of aromatic nitrogens is 3. The first-order valence-corrected chi connectivity index (χ1v) is 14.1. The molecule has 1 saturated heterocycles. The summed E-state index contributed by atoms with van der Waals surface area (Å²) in [5.41, 5.74) is 9.80. The van der Waals surface area contributed by atoms with E-state index in [0.717, 1.165) is 52.2 Å². The summed E-state index contributed by atoms with van der Waals surface area (Å²) in [4.78, 5) is 26.4. The number of nitrogen functional groups attached to an aromatic ring is 1. The molecule has 42 heavy (non-hydrogen) atoms. The van der Waals surface area contributed by atoms with Crippen LogP contribution in [0.1, 0.15) is 32.4 Å². The lowest BCUT2D eigenvalue weighted by atomic mass is 9.99. The number of para-hydroxylation sites is 1. The Balaban J connectivity index is 1.47. The number of nitrogens with zero attached hydrogens (tertiary/aromatic N) is 6. The van der Waals surface area contributed by atoms with Crippen LogP contribution >= 0.6 is 0 Å². The van der Waals surface area contributed by atoms with Gasteiger partial charge in [0.15, 0.2) is 0 Å². The van der Waals surface area contributed by atoms with Crippen molar-refractivity contribution in [2.24, 2.45) is 0 Å². The molecular formula is C33H37N7O2. The van der Waals surface area contributed by atoms with Gasteiger partial charge in [0.25, 0.3) is 5.91 Å². The molecule has 9 nitrogen and oxygen atoms in total. The average Bonchev–Trinajstić information content (AvgIpc) is 3.55. The van der Waals surface area contributed by atoms with Crippen molar-refractivity contribution in [2.45, 2.75) is 51.7 Å². The van der Waals surface area contributed by atoms with Crippen LogP contribution in [0.25, 0.3) is 22.2 Å². The van der Waals surface area contributed by atoms with E-state index in [0.29, 0.717) is 18.9 Å². The van der Waals surface area contributed by atoms with E-state index in [1.54, 1.807) is 6.08 Å². The molecule has 1 fully saturated rings. The number of nitrogens with two attached hydrogens (primary N) is 1. The number of fused-ring (bicyclic) bond motifs is 1. The number of rotatable bonds is 8. The van der Waals surface area contributed by atoms with Gasteiger partial charge in [-0.1, -0.05) is 30.3 Å². The van der Waals surface area contributed by atoms with Crippen LogP contribution in [0.2, 0.25) is 0 Å². The van der Waals surface area contributed by atoms with Gasteiger partial charge in [-0.05, 0) is 83.6 Å². The summed E-state index contributed by atoms with van der Waals surface area (Å²) in [5.74, 6) is 1.68. The molecule has 0 unspecified atom stereocenters. The molecule has 1 atom stereocenters. The topological polar surface area (TPSA) is 113 Å². The van der Waals surface area contributed by atoms with Gasteiger partial charge in [-0.2, -0.15) is 5.26 Å². The maximum absolute atomic E-state index is 13.6. The summed E-state index contributed by atoms with van der Waals surface area (Å²) in [6.07, 6.45) is 4.95. The van der Waals surface area contributed by atoms with Gasteiger partial charge in [0.1, 0.15) is 40.9 Å². The largest absolute Gasteiger partial charge is 0.457 e. The van der Waals surface area contributed by atoms with E-state index in [9.17, 15) is 10.1 Å². The summed E-state index contributed by atoms with van der Waals surface area (Å²) >= 11 is 0. The van der Waals surface area contributed by atoms with Crippen molar-refractivity contribution in [3.05, 3.63) is 78.3 Å². The summed E-state index contributed by atoms with van der Waals surface area (Å²) in [6, 6.07) is 19.6. The number of hydrogen-bond donors (Lipinski definition) is 1. The van der Waals surface area contributed by atoms with Crippen LogP contribution in [0, 0.1) is 18.3 Å². The van der Waals surface area contributed by atoms with Gasteiger partial charge in [0, 0.05) is 29.9 Å². The van der Waals surface area contributed by atoms with Crippen molar-refractivity contribution < 1.29 is 9.53 Å². The molecule has 2 aromatic carbocycles. The molecule has 0 radical (unpaired) electrons. The molecule has 5 rings (SSSR count). The first-order valence-electron chi connectivity index (χ1n) is 14.1. The van der Waals surface area contributed by atoms with Gasteiger partial charge < -0.3 is 24.8 Å². The second-order valence-corrected chi connectivity index (χ2v) is 11.5. The third-order valence-corrected chi connectivity index (χ3v) is 8.28.